The highest BCUT2D eigenvalue weighted by atomic mass is 32.1. The minimum absolute atomic E-state index is 0.0602. The summed E-state index contributed by atoms with van der Waals surface area (Å²) < 4.78 is 26.3. The molecule has 0 radical (unpaired) electrons. The second-order valence-corrected chi connectivity index (χ2v) is 9.55. The largest absolute Gasteiger partial charge is 0.494 e. The summed E-state index contributed by atoms with van der Waals surface area (Å²) >= 11 is 1.10. The molecule has 2 N–H and O–H groups in total. The number of anilines is 1. The Morgan fingerprint density at radius 2 is 1.97 bits per heavy atom. The van der Waals surface area contributed by atoms with Crippen LogP contribution in [0.2, 0.25) is 0 Å². The molecule has 3 aromatic heterocycles. The highest BCUT2D eigenvalue weighted by molar-refractivity contribution is 7.17. The van der Waals surface area contributed by atoms with Crippen molar-refractivity contribution in [1.29, 1.82) is 0 Å². The number of carbonyl (C=O) groups is 1. The van der Waals surface area contributed by atoms with Crippen LogP contribution in [0.25, 0.3) is 11.1 Å². The molecule has 11 heteroatoms. The zero-order chi connectivity index (χ0) is 24.5. The molecule has 9 nitrogen and oxygen atoms in total. The topological polar surface area (TPSA) is 119 Å². The first-order valence-corrected chi connectivity index (χ1v) is 11.7. The molecule has 1 fully saturated rings. The SMILES string of the molecule is COc1cnc(C)c(F)c1-c1cc(C)ncc1C(=O)Nc1nnc(OC2CCC(C)(O)CC2)s1. The van der Waals surface area contributed by atoms with Crippen LogP contribution in [0.5, 0.6) is 10.9 Å². The van der Waals surface area contributed by atoms with Gasteiger partial charge in [0.2, 0.25) is 5.13 Å². The molecule has 34 heavy (non-hydrogen) atoms. The predicted molar refractivity (Wildman–Crippen MR) is 125 cm³/mol. The molecule has 180 valence electrons. The molecular formula is C23H26FN5O4S. The van der Waals surface area contributed by atoms with E-state index >= 15 is 4.39 Å². The second-order valence-electron chi connectivity index (χ2n) is 8.61. The number of nitrogens with zero attached hydrogens (tertiary/aromatic N) is 4. The Morgan fingerprint density at radius 1 is 1.24 bits per heavy atom. The van der Waals surface area contributed by atoms with Crippen LogP contribution in [0.15, 0.2) is 18.5 Å². The highest BCUT2D eigenvalue weighted by Crippen LogP contribution is 2.36. The minimum Gasteiger partial charge on any atom is -0.494 e. The molecule has 1 saturated carbocycles. The maximum absolute atomic E-state index is 15.1. The lowest BCUT2D eigenvalue weighted by atomic mass is 9.85. The monoisotopic (exact) mass is 487 g/mol. The Bertz CT molecular complexity index is 1210. The van der Waals surface area contributed by atoms with Crippen LogP contribution in [0.4, 0.5) is 9.52 Å². The quantitative estimate of drug-likeness (QED) is 0.534. The number of amides is 1. The van der Waals surface area contributed by atoms with E-state index in [1.54, 1.807) is 19.9 Å². The zero-order valence-corrected chi connectivity index (χ0v) is 20.2. The molecule has 3 aromatic rings. The molecule has 0 aliphatic heterocycles. The first-order valence-electron chi connectivity index (χ1n) is 10.9. The Balaban J connectivity index is 1.55. The lowest BCUT2D eigenvalue weighted by Gasteiger charge is -2.32. The number of hydrogen-bond acceptors (Lipinski definition) is 9. The van der Waals surface area contributed by atoms with Gasteiger partial charge in [-0.3, -0.25) is 20.1 Å². The summed E-state index contributed by atoms with van der Waals surface area (Å²) in [4.78, 5) is 21.3. The van der Waals surface area contributed by atoms with E-state index in [2.05, 4.69) is 25.5 Å². The summed E-state index contributed by atoms with van der Waals surface area (Å²) in [7, 11) is 1.42. The van der Waals surface area contributed by atoms with Crippen LogP contribution < -0.4 is 14.8 Å². The molecule has 1 aliphatic carbocycles. The molecule has 0 aromatic carbocycles. The van der Waals surface area contributed by atoms with E-state index in [-0.39, 0.29) is 33.8 Å². The number of pyridine rings is 2. The van der Waals surface area contributed by atoms with Crippen molar-refractivity contribution < 1.29 is 23.8 Å². The Hall–Kier alpha value is -3.18. The van der Waals surface area contributed by atoms with Crippen LogP contribution in [0, 0.1) is 19.7 Å². The lowest BCUT2D eigenvalue weighted by Crippen LogP contribution is -2.34. The van der Waals surface area contributed by atoms with E-state index in [1.165, 1.54) is 19.5 Å². The fraction of sp³-hybridized carbons (Fsp3) is 0.435. The van der Waals surface area contributed by atoms with Gasteiger partial charge < -0.3 is 14.6 Å². The maximum atomic E-state index is 15.1. The first-order chi connectivity index (χ1) is 16.2. The fourth-order valence-corrected chi connectivity index (χ4v) is 4.52. The highest BCUT2D eigenvalue weighted by Gasteiger charge is 2.30. The van der Waals surface area contributed by atoms with E-state index < -0.39 is 17.3 Å². The van der Waals surface area contributed by atoms with Gasteiger partial charge in [-0.25, -0.2) is 4.39 Å². The van der Waals surface area contributed by atoms with Crippen LogP contribution >= 0.6 is 11.3 Å². The fourth-order valence-electron chi connectivity index (χ4n) is 3.87. The number of rotatable bonds is 6. The van der Waals surface area contributed by atoms with Gasteiger partial charge >= 0.3 is 0 Å². The summed E-state index contributed by atoms with van der Waals surface area (Å²) in [6, 6.07) is 1.63. The van der Waals surface area contributed by atoms with E-state index in [1.807, 2.05) is 6.92 Å². The standard InChI is InChI=1S/C23H26FN5O4S/c1-12-9-15(18-17(32-4)11-26-13(2)19(18)24)16(10-25-12)20(30)27-21-28-29-22(34-21)33-14-5-7-23(3,31)8-6-14/h9-11,14,31H,5-8H2,1-4H3,(H,27,28,30). The smallest absolute Gasteiger partial charge is 0.296 e. The zero-order valence-electron chi connectivity index (χ0n) is 19.4. The summed E-state index contributed by atoms with van der Waals surface area (Å²) in [6.07, 6.45) is 5.48. The number of halogens is 1. The van der Waals surface area contributed by atoms with Gasteiger partial charge in [-0.1, -0.05) is 5.10 Å². The van der Waals surface area contributed by atoms with E-state index in [0.29, 0.717) is 42.1 Å². The molecular weight excluding hydrogens is 461 g/mol. The summed E-state index contributed by atoms with van der Waals surface area (Å²) in [6.45, 7) is 5.12. The van der Waals surface area contributed by atoms with Gasteiger partial charge in [0, 0.05) is 17.5 Å². The number of carbonyl (C=O) groups excluding carboxylic acids is 1. The van der Waals surface area contributed by atoms with Crippen LogP contribution in [-0.4, -0.2) is 50.0 Å². The van der Waals surface area contributed by atoms with Crippen molar-refractivity contribution in [2.45, 2.75) is 58.2 Å². The van der Waals surface area contributed by atoms with Crippen molar-refractivity contribution in [3.8, 4) is 22.1 Å². The van der Waals surface area contributed by atoms with Crippen molar-refractivity contribution in [3.63, 3.8) is 0 Å². The van der Waals surface area contributed by atoms with Crippen LogP contribution in [-0.2, 0) is 0 Å². The molecule has 0 unspecified atom stereocenters. The van der Waals surface area contributed by atoms with E-state index in [0.717, 1.165) is 11.3 Å². The van der Waals surface area contributed by atoms with Crippen LogP contribution in [0.3, 0.4) is 0 Å². The number of methoxy groups -OCH3 is 1. The number of aryl methyl sites for hydroxylation is 2. The average molecular weight is 488 g/mol. The number of ether oxygens (including phenoxy) is 2. The Labute approximate surface area is 200 Å². The van der Waals surface area contributed by atoms with Gasteiger partial charge in [0.15, 0.2) is 5.82 Å². The van der Waals surface area contributed by atoms with Crippen molar-refractivity contribution in [2.24, 2.45) is 0 Å². The van der Waals surface area contributed by atoms with Crippen molar-refractivity contribution in [2.75, 3.05) is 12.4 Å². The summed E-state index contributed by atoms with van der Waals surface area (Å²) in [5, 5.41) is 21.4. The van der Waals surface area contributed by atoms with Gasteiger partial charge in [0.05, 0.1) is 35.7 Å². The maximum Gasteiger partial charge on any atom is 0.296 e. The third-order valence-electron chi connectivity index (χ3n) is 5.84. The lowest BCUT2D eigenvalue weighted by molar-refractivity contribution is -0.0110. The molecule has 1 amide bonds. The third kappa shape index (κ3) is 5.15. The summed E-state index contributed by atoms with van der Waals surface area (Å²) in [5.41, 5.74) is 0.767. The minimum atomic E-state index is -0.657. The molecule has 0 bridgehead atoms. The second kappa shape index (κ2) is 9.59. The predicted octanol–water partition coefficient (Wildman–Crippen LogP) is 4.08. The van der Waals surface area contributed by atoms with E-state index in [9.17, 15) is 9.90 Å². The van der Waals surface area contributed by atoms with Crippen LogP contribution in [0.1, 0.15) is 54.4 Å². The summed E-state index contributed by atoms with van der Waals surface area (Å²) in [5.74, 6) is -0.882. The number of aliphatic hydroxyl groups is 1. The molecule has 0 saturated heterocycles. The number of nitrogens with one attached hydrogen (secondary N) is 1. The Kier molecular flexibility index (Phi) is 6.76. The average Bonchev–Trinajstić information content (AvgIpc) is 3.23. The molecule has 1 aliphatic rings. The van der Waals surface area contributed by atoms with Gasteiger partial charge in [-0.05, 0) is 63.9 Å². The van der Waals surface area contributed by atoms with Gasteiger partial charge in [0.1, 0.15) is 11.9 Å². The Morgan fingerprint density at radius 3 is 2.68 bits per heavy atom. The molecule has 3 heterocycles. The van der Waals surface area contributed by atoms with E-state index in [4.69, 9.17) is 9.47 Å². The van der Waals surface area contributed by atoms with Crippen molar-refractivity contribution in [1.82, 2.24) is 20.2 Å². The van der Waals surface area contributed by atoms with Crippen molar-refractivity contribution in [3.05, 3.63) is 41.2 Å². The van der Waals surface area contributed by atoms with Gasteiger partial charge in [0.25, 0.3) is 11.1 Å². The number of aromatic nitrogens is 4. The molecule has 0 atom stereocenters. The molecule has 4 rings (SSSR count). The third-order valence-corrected chi connectivity index (χ3v) is 6.57. The van der Waals surface area contributed by atoms with Gasteiger partial charge in [-0.2, -0.15) is 0 Å². The van der Waals surface area contributed by atoms with Gasteiger partial charge in [-0.15, -0.1) is 5.10 Å². The number of hydrogen-bond donors (Lipinski definition) is 2. The first kappa shape index (κ1) is 24.0. The van der Waals surface area contributed by atoms with Crippen molar-refractivity contribution >= 4 is 22.4 Å². The molecule has 0 spiro atoms. The normalized spacial score (nSPS) is 20.1.